The Hall–Kier alpha value is -1.47. The molecule has 2 atom stereocenters. The van der Waals surface area contributed by atoms with Crippen LogP contribution in [0.3, 0.4) is 0 Å². The van der Waals surface area contributed by atoms with Crippen LogP contribution in [0.1, 0.15) is 28.8 Å². The number of amides is 2. The summed E-state index contributed by atoms with van der Waals surface area (Å²) in [5.74, 6) is 0.291. The predicted octanol–water partition coefficient (Wildman–Crippen LogP) is 1.41. The van der Waals surface area contributed by atoms with Crippen molar-refractivity contribution in [3.8, 4) is 0 Å². The van der Waals surface area contributed by atoms with Crippen LogP contribution in [0.25, 0.3) is 0 Å². The van der Waals surface area contributed by atoms with Crippen LogP contribution in [0.15, 0.2) is 5.38 Å². The van der Waals surface area contributed by atoms with E-state index in [-0.39, 0.29) is 17.7 Å². The number of nitrogens with zero attached hydrogens (tertiary/aromatic N) is 3. The Kier molecular flexibility index (Phi) is 4.42. The van der Waals surface area contributed by atoms with Crippen molar-refractivity contribution < 1.29 is 14.3 Å². The van der Waals surface area contributed by atoms with Crippen LogP contribution in [0.4, 0.5) is 0 Å². The Morgan fingerprint density at radius 1 is 1.57 bits per heavy atom. The third kappa shape index (κ3) is 2.76. The molecule has 7 heteroatoms. The topological polar surface area (TPSA) is 62.7 Å². The van der Waals surface area contributed by atoms with E-state index in [4.69, 9.17) is 4.74 Å². The lowest BCUT2D eigenvalue weighted by molar-refractivity contribution is -0.137. The van der Waals surface area contributed by atoms with E-state index in [1.807, 2.05) is 11.8 Å². The molecule has 2 aliphatic heterocycles. The zero-order chi connectivity index (χ0) is 16.6. The van der Waals surface area contributed by atoms with Gasteiger partial charge in [0.05, 0.1) is 17.0 Å². The molecule has 0 N–H and O–H groups in total. The average molecular weight is 337 g/mol. The molecular weight excluding hydrogens is 314 g/mol. The lowest BCUT2D eigenvalue weighted by Gasteiger charge is -2.26. The molecule has 3 rings (SSSR count). The number of carbonyl (C=O) groups excluding carboxylic acids is 2. The number of rotatable bonds is 4. The van der Waals surface area contributed by atoms with Crippen molar-refractivity contribution in [3.63, 3.8) is 0 Å². The zero-order valence-electron chi connectivity index (χ0n) is 13.9. The first-order valence-corrected chi connectivity index (χ1v) is 8.85. The van der Waals surface area contributed by atoms with Crippen molar-refractivity contribution in [1.82, 2.24) is 14.8 Å². The normalized spacial score (nSPS) is 27.4. The average Bonchev–Trinajstić information content (AvgIpc) is 3.19. The third-order valence-electron chi connectivity index (χ3n) is 5.14. The second-order valence-electron chi connectivity index (χ2n) is 6.53. The van der Waals surface area contributed by atoms with E-state index >= 15 is 0 Å². The molecule has 0 aromatic carbocycles. The summed E-state index contributed by atoms with van der Waals surface area (Å²) < 4.78 is 5.08. The van der Waals surface area contributed by atoms with Gasteiger partial charge in [-0.05, 0) is 19.3 Å². The van der Waals surface area contributed by atoms with E-state index in [1.165, 1.54) is 11.3 Å². The SMILES string of the molecule is COCCN1CC[C@]2(CN(C(=O)c3csc(C)n3)C[C@H]2C)C1=O. The molecule has 0 bridgehead atoms. The van der Waals surface area contributed by atoms with Gasteiger partial charge in [0.1, 0.15) is 5.69 Å². The van der Waals surface area contributed by atoms with Gasteiger partial charge in [-0.15, -0.1) is 11.3 Å². The smallest absolute Gasteiger partial charge is 0.273 e. The van der Waals surface area contributed by atoms with Crippen LogP contribution in [0.5, 0.6) is 0 Å². The summed E-state index contributed by atoms with van der Waals surface area (Å²) in [5.41, 5.74) is 0.0764. The van der Waals surface area contributed by atoms with Crippen molar-refractivity contribution >= 4 is 23.2 Å². The van der Waals surface area contributed by atoms with Gasteiger partial charge in [-0.25, -0.2) is 4.98 Å². The molecule has 0 unspecified atom stereocenters. The van der Waals surface area contributed by atoms with E-state index < -0.39 is 5.41 Å². The van der Waals surface area contributed by atoms with Crippen LogP contribution in [-0.4, -0.2) is 66.5 Å². The fourth-order valence-corrected chi connectivity index (χ4v) is 4.31. The molecule has 1 aromatic rings. The summed E-state index contributed by atoms with van der Waals surface area (Å²) in [7, 11) is 1.64. The van der Waals surface area contributed by atoms with Crippen molar-refractivity contribution in [3.05, 3.63) is 16.1 Å². The lowest BCUT2D eigenvalue weighted by atomic mass is 9.78. The molecule has 2 aliphatic rings. The van der Waals surface area contributed by atoms with E-state index in [1.54, 1.807) is 17.4 Å². The van der Waals surface area contributed by atoms with Gasteiger partial charge in [-0.3, -0.25) is 9.59 Å². The van der Waals surface area contributed by atoms with Gasteiger partial charge >= 0.3 is 0 Å². The highest BCUT2D eigenvalue weighted by molar-refractivity contribution is 7.09. The van der Waals surface area contributed by atoms with Crippen LogP contribution in [0.2, 0.25) is 0 Å². The van der Waals surface area contributed by atoms with Crippen LogP contribution >= 0.6 is 11.3 Å². The number of thiazole rings is 1. The number of ether oxygens (including phenoxy) is 1. The summed E-state index contributed by atoms with van der Waals surface area (Å²) in [4.78, 5) is 33.5. The quantitative estimate of drug-likeness (QED) is 0.833. The molecule has 1 aromatic heterocycles. The van der Waals surface area contributed by atoms with Gasteiger partial charge in [0.2, 0.25) is 5.91 Å². The first-order valence-electron chi connectivity index (χ1n) is 7.97. The van der Waals surface area contributed by atoms with Crippen LogP contribution in [0, 0.1) is 18.3 Å². The van der Waals surface area contributed by atoms with Crippen molar-refractivity contribution in [2.75, 3.05) is 39.9 Å². The fraction of sp³-hybridized carbons (Fsp3) is 0.688. The molecule has 2 fully saturated rings. The van der Waals surface area contributed by atoms with Gasteiger partial charge < -0.3 is 14.5 Å². The van der Waals surface area contributed by atoms with Gasteiger partial charge in [-0.2, -0.15) is 0 Å². The van der Waals surface area contributed by atoms with Gasteiger partial charge in [0, 0.05) is 38.7 Å². The summed E-state index contributed by atoms with van der Waals surface area (Å²) in [5, 5.41) is 2.69. The molecule has 23 heavy (non-hydrogen) atoms. The predicted molar refractivity (Wildman–Crippen MR) is 87.4 cm³/mol. The number of methoxy groups -OCH3 is 1. The second kappa shape index (κ2) is 6.20. The third-order valence-corrected chi connectivity index (χ3v) is 5.92. The van der Waals surface area contributed by atoms with Gasteiger partial charge in [0.25, 0.3) is 5.91 Å². The maximum Gasteiger partial charge on any atom is 0.273 e. The highest BCUT2D eigenvalue weighted by atomic mass is 32.1. The molecule has 0 saturated carbocycles. The Morgan fingerprint density at radius 3 is 3.00 bits per heavy atom. The largest absolute Gasteiger partial charge is 0.383 e. The number of likely N-dealkylation sites (tertiary alicyclic amines) is 2. The molecule has 126 valence electrons. The van der Waals surface area contributed by atoms with Gasteiger partial charge in [-0.1, -0.05) is 6.92 Å². The van der Waals surface area contributed by atoms with Crippen LogP contribution < -0.4 is 0 Å². The van der Waals surface area contributed by atoms with Gasteiger partial charge in [0.15, 0.2) is 0 Å². The monoisotopic (exact) mass is 337 g/mol. The molecule has 1 spiro atoms. The van der Waals surface area contributed by atoms with Crippen LogP contribution in [-0.2, 0) is 9.53 Å². The van der Waals surface area contributed by atoms with E-state index in [0.29, 0.717) is 31.9 Å². The second-order valence-corrected chi connectivity index (χ2v) is 7.59. The summed E-state index contributed by atoms with van der Waals surface area (Å²) >= 11 is 1.48. The highest BCUT2D eigenvalue weighted by Crippen LogP contribution is 2.44. The van der Waals surface area contributed by atoms with E-state index in [9.17, 15) is 9.59 Å². The maximum absolute atomic E-state index is 12.9. The number of hydrogen-bond acceptors (Lipinski definition) is 5. The van der Waals surface area contributed by atoms with E-state index in [0.717, 1.165) is 18.0 Å². The lowest BCUT2D eigenvalue weighted by Crippen LogP contribution is -2.41. The van der Waals surface area contributed by atoms with Crippen molar-refractivity contribution in [1.29, 1.82) is 0 Å². The Bertz CT molecular complexity index is 617. The van der Waals surface area contributed by atoms with Crippen molar-refractivity contribution in [2.45, 2.75) is 20.3 Å². The first-order chi connectivity index (χ1) is 11.0. The fourth-order valence-electron chi connectivity index (χ4n) is 3.72. The molecule has 0 aliphatic carbocycles. The number of aromatic nitrogens is 1. The minimum atomic E-state index is -0.422. The number of aryl methyl sites for hydroxylation is 1. The standard InChI is InChI=1S/C16H23N3O3S/c1-11-8-19(14(20)13-9-23-12(2)17-13)10-16(11)4-5-18(15(16)21)6-7-22-3/h9,11H,4-8,10H2,1-3H3/t11-,16-/m1/s1. The van der Waals surface area contributed by atoms with E-state index in [2.05, 4.69) is 11.9 Å². The summed E-state index contributed by atoms with van der Waals surface area (Å²) in [6.45, 7) is 7.04. The Morgan fingerprint density at radius 2 is 2.35 bits per heavy atom. The molecule has 6 nitrogen and oxygen atoms in total. The highest BCUT2D eigenvalue weighted by Gasteiger charge is 2.55. The van der Waals surface area contributed by atoms with Crippen molar-refractivity contribution in [2.24, 2.45) is 11.3 Å². The Balaban J connectivity index is 1.73. The summed E-state index contributed by atoms with van der Waals surface area (Å²) in [6.07, 6.45) is 0.816. The zero-order valence-corrected chi connectivity index (χ0v) is 14.7. The summed E-state index contributed by atoms with van der Waals surface area (Å²) in [6, 6.07) is 0. The minimum Gasteiger partial charge on any atom is -0.383 e. The Labute approximate surface area is 140 Å². The molecule has 2 saturated heterocycles. The molecule has 0 radical (unpaired) electrons. The maximum atomic E-state index is 12.9. The molecular formula is C16H23N3O3S. The molecule has 2 amide bonds. The first kappa shape index (κ1) is 16.4. The molecule has 3 heterocycles. The minimum absolute atomic E-state index is 0.0544. The number of hydrogen-bond donors (Lipinski definition) is 0. The number of carbonyl (C=O) groups is 2.